The molecule has 16 heavy (non-hydrogen) atoms. The summed E-state index contributed by atoms with van der Waals surface area (Å²) in [6, 6.07) is 0. The molecule has 0 fully saturated rings. The molecule has 1 N–H and O–H groups in total. The Morgan fingerprint density at radius 1 is 1.50 bits per heavy atom. The maximum Gasteiger partial charge on any atom is 0.196 e. The van der Waals surface area contributed by atoms with E-state index < -0.39 is 0 Å². The summed E-state index contributed by atoms with van der Waals surface area (Å²) >= 11 is 1.54. The number of imidazole rings is 1. The van der Waals surface area contributed by atoms with Crippen molar-refractivity contribution in [3.8, 4) is 5.82 Å². The first kappa shape index (κ1) is 9.56. The molecule has 0 amide bonds. The minimum atomic E-state index is -0.0495. The van der Waals surface area contributed by atoms with Crippen LogP contribution in [0.25, 0.3) is 10.8 Å². The van der Waals surface area contributed by atoms with Crippen LogP contribution in [0.2, 0.25) is 0 Å². The van der Waals surface area contributed by atoms with Gasteiger partial charge in [0.25, 0.3) is 0 Å². The third kappa shape index (κ3) is 1.27. The molecule has 0 aliphatic heterocycles. The summed E-state index contributed by atoms with van der Waals surface area (Å²) in [7, 11) is 0. The van der Waals surface area contributed by atoms with Crippen LogP contribution in [-0.2, 0) is 6.61 Å². The highest BCUT2D eigenvalue weighted by Crippen LogP contribution is 2.20. The molecule has 0 aromatic carbocycles. The van der Waals surface area contributed by atoms with Crippen molar-refractivity contribution in [2.75, 3.05) is 0 Å². The highest BCUT2D eigenvalue weighted by atomic mass is 32.1. The smallest absolute Gasteiger partial charge is 0.196 e. The van der Waals surface area contributed by atoms with E-state index >= 15 is 0 Å². The zero-order chi connectivity index (χ0) is 11.1. The Kier molecular flexibility index (Phi) is 2.05. The predicted octanol–water partition coefficient (Wildman–Crippen LogP) is 1.38. The molecule has 0 saturated heterocycles. The highest BCUT2D eigenvalue weighted by Gasteiger charge is 2.14. The lowest BCUT2D eigenvalue weighted by Gasteiger charge is -1.99. The largest absolute Gasteiger partial charge is 0.390 e. The third-order valence-electron chi connectivity index (χ3n) is 2.42. The Balaban J connectivity index is 2.26. The Hall–Kier alpha value is -1.66. The number of rotatable bonds is 2. The van der Waals surface area contributed by atoms with Crippen molar-refractivity contribution in [1.29, 1.82) is 0 Å². The van der Waals surface area contributed by atoms with Crippen LogP contribution in [0.1, 0.15) is 11.3 Å². The lowest BCUT2D eigenvalue weighted by Crippen LogP contribution is -2.01. The number of thiazole rings is 1. The van der Waals surface area contributed by atoms with Gasteiger partial charge in [0, 0.05) is 17.8 Å². The summed E-state index contributed by atoms with van der Waals surface area (Å²) < 4.78 is 3.58. The fraction of sp³-hybridized carbons (Fsp3) is 0.200. The first-order valence-electron chi connectivity index (χ1n) is 4.86. The van der Waals surface area contributed by atoms with Crippen molar-refractivity contribution in [1.82, 2.24) is 19.2 Å². The summed E-state index contributed by atoms with van der Waals surface area (Å²) in [5, 5.41) is 15.5. The zero-order valence-corrected chi connectivity index (χ0v) is 9.48. The van der Waals surface area contributed by atoms with Crippen LogP contribution in [0, 0.1) is 6.92 Å². The Bertz CT molecular complexity index is 636. The Morgan fingerprint density at radius 2 is 2.38 bits per heavy atom. The summed E-state index contributed by atoms with van der Waals surface area (Å²) in [6.45, 7) is 1.92. The van der Waals surface area contributed by atoms with Crippen molar-refractivity contribution in [2.45, 2.75) is 13.5 Å². The number of nitrogens with zero attached hydrogens (tertiary/aromatic N) is 4. The van der Waals surface area contributed by atoms with Gasteiger partial charge >= 0.3 is 0 Å². The van der Waals surface area contributed by atoms with E-state index in [-0.39, 0.29) is 6.61 Å². The first-order chi connectivity index (χ1) is 7.79. The van der Waals surface area contributed by atoms with Gasteiger partial charge in [0.2, 0.25) is 0 Å². The quantitative estimate of drug-likeness (QED) is 0.729. The number of aryl methyl sites for hydroxylation is 1. The van der Waals surface area contributed by atoms with Crippen molar-refractivity contribution in [2.24, 2.45) is 0 Å². The standard InChI is InChI=1S/C10H10N4OS/c1-7-4-11-14(5-7)9-8(6-15)13-2-3-16-10(13)12-9/h2-5,15H,6H2,1H3. The topological polar surface area (TPSA) is 55.4 Å². The van der Waals surface area contributed by atoms with Crippen molar-refractivity contribution < 1.29 is 5.11 Å². The van der Waals surface area contributed by atoms with Gasteiger partial charge in [0.15, 0.2) is 10.8 Å². The average Bonchev–Trinajstić information content (AvgIpc) is 2.90. The van der Waals surface area contributed by atoms with Gasteiger partial charge in [-0.05, 0) is 12.5 Å². The molecule has 0 bridgehead atoms. The average molecular weight is 234 g/mol. The molecule has 0 saturated carbocycles. The van der Waals surface area contributed by atoms with E-state index in [0.29, 0.717) is 5.82 Å². The van der Waals surface area contributed by atoms with Gasteiger partial charge < -0.3 is 5.11 Å². The van der Waals surface area contributed by atoms with Crippen LogP contribution in [-0.4, -0.2) is 24.3 Å². The highest BCUT2D eigenvalue weighted by molar-refractivity contribution is 7.15. The van der Waals surface area contributed by atoms with Crippen molar-refractivity contribution >= 4 is 16.3 Å². The number of aliphatic hydroxyl groups excluding tert-OH is 1. The van der Waals surface area contributed by atoms with Gasteiger partial charge in [0.1, 0.15) is 0 Å². The molecular formula is C10H10N4OS. The minimum Gasteiger partial charge on any atom is -0.390 e. The number of hydrogen-bond acceptors (Lipinski definition) is 4. The predicted molar refractivity (Wildman–Crippen MR) is 60.9 cm³/mol. The molecule has 6 heteroatoms. The zero-order valence-electron chi connectivity index (χ0n) is 8.66. The van der Waals surface area contributed by atoms with E-state index in [0.717, 1.165) is 16.2 Å². The van der Waals surface area contributed by atoms with Gasteiger partial charge in [-0.2, -0.15) is 10.1 Å². The molecule has 3 heterocycles. The van der Waals surface area contributed by atoms with Gasteiger partial charge in [-0.1, -0.05) is 0 Å². The van der Waals surface area contributed by atoms with Crippen molar-refractivity contribution in [3.63, 3.8) is 0 Å². The van der Waals surface area contributed by atoms with E-state index in [9.17, 15) is 5.11 Å². The summed E-state index contributed by atoms with van der Waals surface area (Å²) in [6.07, 6.45) is 5.57. The monoisotopic (exact) mass is 234 g/mol. The molecule has 3 rings (SSSR count). The molecule has 0 aliphatic rings. The van der Waals surface area contributed by atoms with Gasteiger partial charge in [0.05, 0.1) is 18.5 Å². The fourth-order valence-corrected chi connectivity index (χ4v) is 2.41. The van der Waals surface area contributed by atoms with Gasteiger partial charge in [-0.15, -0.1) is 11.3 Å². The van der Waals surface area contributed by atoms with Crippen LogP contribution in [0.3, 0.4) is 0 Å². The van der Waals surface area contributed by atoms with E-state index in [1.807, 2.05) is 29.1 Å². The SMILES string of the molecule is Cc1cnn(-c2nc3sccn3c2CO)c1. The minimum absolute atomic E-state index is 0.0495. The normalized spacial score (nSPS) is 11.4. The van der Waals surface area contributed by atoms with Crippen LogP contribution in [0.4, 0.5) is 0 Å². The molecule has 0 radical (unpaired) electrons. The maximum atomic E-state index is 9.39. The molecule has 0 aliphatic carbocycles. The summed E-state index contributed by atoms with van der Waals surface area (Å²) in [5.41, 5.74) is 1.83. The molecule has 5 nitrogen and oxygen atoms in total. The second-order valence-electron chi connectivity index (χ2n) is 3.56. The fourth-order valence-electron chi connectivity index (χ4n) is 1.68. The Labute approximate surface area is 95.6 Å². The second-order valence-corrected chi connectivity index (χ2v) is 4.43. The molecule has 3 aromatic rings. The maximum absolute atomic E-state index is 9.39. The van der Waals surface area contributed by atoms with Crippen LogP contribution in [0.5, 0.6) is 0 Å². The van der Waals surface area contributed by atoms with Crippen molar-refractivity contribution in [3.05, 3.63) is 35.2 Å². The molecule has 0 unspecified atom stereocenters. The molecule has 0 spiro atoms. The first-order valence-corrected chi connectivity index (χ1v) is 5.74. The van der Waals surface area contributed by atoms with E-state index in [1.165, 1.54) is 11.3 Å². The molecule has 0 atom stereocenters. The summed E-state index contributed by atoms with van der Waals surface area (Å²) in [5.74, 6) is 0.697. The number of fused-ring (bicyclic) bond motifs is 1. The van der Waals surface area contributed by atoms with Crippen LogP contribution < -0.4 is 0 Å². The number of aliphatic hydroxyl groups is 1. The second kappa shape index (κ2) is 3.43. The number of aromatic nitrogens is 4. The Morgan fingerprint density at radius 3 is 3.06 bits per heavy atom. The van der Waals surface area contributed by atoms with Crippen LogP contribution in [0.15, 0.2) is 24.0 Å². The molecular weight excluding hydrogens is 224 g/mol. The summed E-state index contributed by atoms with van der Waals surface area (Å²) in [4.78, 5) is 5.32. The van der Waals surface area contributed by atoms with E-state index in [2.05, 4.69) is 10.1 Å². The lowest BCUT2D eigenvalue weighted by atomic mass is 10.4. The van der Waals surface area contributed by atoms with Crippen LogP contribution >= 0.6 is 11.3 Å². The number of hydrogen-bond donors (Lipinski definition) is 1. The van der Waals surface area contributed by atoms with Gasteiger partial charge in [-0.25, -0.2) is 4.68 Å². The molecule has 82 valence electrons. The lowest BCUT2D eigenvalue weighted by molar-refractivity contribution is 0.275. The third-order valence-corrected chi connectivity index (χ3v) is 3.17. The molecule has 3 aromatic heterocycles. The van der Waals surface area contributed by atoms with E-state index in [1.54, 1.807) is 10.9 Å². The van der Waals surface area contributed by atoms with Gasteiger partial charge in [-0.3, -0.25) is 4.40 Å². The van der Waals surface area contributed by atoms with E-state index in [4.69, 9.17) is 0 Å².